The molecule has 0 radical (unpaired) electrons. The summed E-state index contributed by atoms with van der Waals surface area (Å²) in [5.41, 5.74) is 1.33. The van der Waals surface area contributed by atoms with Crippen molar-refractivity contribution in [1.82, 2.24) is 10.6 Å². The molecule has 156 valence electrons. The molecule has 2 aliphatic rings. The van der Waals surface area contributed by atoms with Crippen LogP contribution in [0.2, 0.25) is 0 Å². The second-order valence-corrected chi connectivity index (χ2v) is 7.54. The minimum Gasteiger partial charge on any atom is -0.381 e. The summed E-state index contributed by atoms with van der Waals surface area (Å²) in [5.74, 6) is 0.937. The Morgan fingerprint density at radius 3 is 2.61 bits per heavy atom. The molecule has 1 aromatic carbocycles. The standard InChI is InChI=1S/C22H36N4O2/c1-2-23-22(24-13-6-16-28-21-11-17-27-18-12-21)25-19-9-14-26(15-10-19)20-7-4-3-5-8-20/h3-5,7-8,19,21H,2,6,9-18H2,1H3,(H2,23,24,25). The summed E-state index contributed by atoms with van der Waals surface area (Å²) in [4.78, 5) is 7.21. The zero-order valence-electron chi connectivity index (χ0n) is 17.2. The van der Waals surface area contributed by atoms with Crippen LogP contribution in [0.1, 0.15) is 39.0 Å². The van der Waals surface area contributed by atoms with Crippen molar-refractivity contribution in [3.63, 3.8) is 0 Å². The number of piperidine rings is 1. The van der Waals surface area contributed by atoms with Crippen molar-refractivity contribution in [2.45, 2.75) is 51.2 Å². The van der Waals surface area contributed by atoms with E-state index < -0.39 is 0 Å². The Hall–Kier alpha value is -1.79. The number of rotatable bonds is 8. The molecule has 0 aliphatic carbocycles. The predicted octanol–water partition coefficient (Wildman–Crippen LogP) is 2.80. The summed E-state index contributed by atoms with van der Waals surface area (Å²) in [6, 6.07) is 11.2. The summed E-state index contributed by atoms with van der Waals surface area (Å²) >= 11 is 0. The molecular formula is C22H36N4O2. The van der Waals surface area contributed by atoms with Gasteiger partial charge in [0.25, 0.3) is 0 Å². The molecule has 0 atom stereocenters. The monoisotopic (exact) mass is 388 g/mol. The van der Waals surface area contributed by atoms with E-state index in [0.29, 0.717) is 12.1 Å². The van der Waals surface area contributed by atoms with Crippen molar-refractivity contribution in [2.24, 2.45) is 4.99 Å². The number of ether oxygens (including phenoxy) is 2. The fraction of sp³-hybridized carbons (Fsp3) is 0.682. The van der Waals surface area contributed by atoms with E-state index in [4.69, 9.17) is 14.5 Å². The first-order chi connectivity index (χ1) is 13.8. The summed E-state index contributed by atoms with van der Waals surface area (Å²) in [6.45, 7) is 8.40. The van der Waals surface area contributed by atoms with Gasteiger partial charge in [0.2, 0.25) is 0 Å². The maximum absolute atomic E-state index is 5.93. The van der Waals surface area contributed by atoms with Crippen LogP contribution in [0, 0.1) is 0 Å². The lowest BCUT2D eigenvalue weighted by Gasteiger charge is -2.34. The molecule has 2 fully saturated rings. The summed E-state index contributed by atoms with van der Waals surface area (Å²) < 4.78 is 11.3. The highest BCUT2D eigenvalue weighted by atomic mass is 16.5. The van der Waals surface area contributed by atoms with Crippen LogP contribution in [-0.2, 0) is 9.47 Å². The maximum atomic E-state index is 5.93. The van der Waals surface area contributed by atoms with Gasteiger partial charge in [0.1, 0.15) is 0 Å². The van der Waals surface area contributed by atoms with Gasteiger partial charge in [-0.2, -0.15) is 0 Å². The van der Waals surface area contributed by atoms with Gasteiger partial charge < -0.3 is 25.0 Å². The molecule has 0 unspecified atom stereocenters. The Bertz CT molecular complexity index is 567. The van der Waals surface area contributed by atoms with Gasteiger partial charge in [-0.1, -0.05) is 18.2 Å². The molecule has 2 heterocycles. The van der Waals surface area contributed by atoms with E-state index in [0.717, 1.165) is 84.1 Å². The molecule has 2 saturated heterocycles. The van der Waals surface area contributed by atoms with E-state index in [2.05, 4.69) is 52.8 Å². The minimum atomic E-state index is 0.374. The van der Waals surface area contributed by atoms with Gasteiger partial charge in [-0.15, -0.1) is 0 Å². The van der Waals surface area contributed by atoms with Gasteiger partial charge in [0.05, 0.1) is 6.10 Å². The van der Waals surface area contributed by atoms with Crippen LogP contribution in [0.5, 0.6) is 0 Å². The molecule has 0 amide bonds. The van der Waals surface area contributed by atoms with Gasteiger partial charge in [-0.05, 0) is 51.2 Å². The van der Waals surface area contributed by atoms with Crippen LogP contribution in [0.3, 0.4) is 0 Å². The van der Waals surface area contributed by atoms with E-state index in [9.17, 15) is 0 Å². The molecule has 2 aliphatic heterocycles. The van der Waals surface area contributed by atoms with Crippen molar-refractivity contribution in [2.75, 3.05) is 50.9 Å². The molecule has 0 aromatic heterocycles. The Morgan fingerprint density at radius 1 is 1.14 bits per heavy atom. The Balaban J connectivity index is 1.36. The van der Waals surface area contributed by atoms with Crippen LogP contribution in [-0.4, -0.2) is 64.1 Å². The molecule has 28 heavy (non-hydrogen) atoms. The van der Waals surface area contributed by atoms with Gasteiger partial charge in [-0.3, -0.25) is 4.99 Å². The number of para-hydroxylation sites is 1. The number of aliphatic imine (C=N–C) groups is 1. The average Bonchev–Trinajstić information content (AvgIpc) is 2.75. The summed E-state index contributed by atoms with van der Waals surface area (Å²) in [6.07, 6.45) is 5.64. The molecule has 3 rings (SSSR count). The van der Waals surface area contributed by atoms with Crippen molar-refractivity contribution < 1.29 is 9.47 Å². The number of benzene rings is 1. The SMILES string of the molecule is CCNC(=NCCCOC1CCOCC1)NC1CCN(c2ccccc2)CC1. The van der Waals surface area contributed by atoms with Crippen LogP contribution >= 0.6 is 0 Å². The van der Waals surface area contributed by atoms with Gasteiger partial charge in [0.15, 0.2) is 5.96 Å². The number of hydrogen-bond donors (Lipinski definition) is 2. The Labute approximate surface area is 169 Å². The first-order valence-corrected chi connectivity index (χ1v) is 10.9. The predicted molar refractivity (Wildman–Crippen MR) is 115 cm³/mol. The Morgan fingerprint density at radius 2 is 1.89 bits per heavy atom. The maximum Gasteiger partial charge on any atom is 0.191 e. The van der Waals surface area contributed by atoms with E-state index in [-0.39, 0.29) is 0 Å². The van der Waals surface area contributed by atoms with Crippen LogP contribution in [0.4, 0.5) is 5.69 Å². The molecule has 0 saturated carbocycles. The normalized spacial score (nSPS) is 19.6. The highest BCUT2D eigenvalue weighted by Gasteiger charge is 2.20. The second kappa shape index (κ2) is 11.9. The van der Waals surface area contributed by atoms with Crippen LogP contribution in [0.15, 0.2) is 35.3 Å². The van der Waals surface area contributed by atoms with Gasteiger partial charge in [-0.25, -0.2) is 0 Å². The van der Waals surface area contributed by atoms with Gasteiger partial charge >= 0.3 is 0 Å². The Kier molecular flexibility index (Phi) is 8.91. The lowest BCUT2D eigenvalue weighted by atomic mass is 10.0. The third-order valence-corrected chi connectivity index (χ3v) is 5.40. The number of hydrogen-bond acceptors (Lipinski definition) is 4. The summed E-state index contributed by atoms with van der Waals surface area (Å²) in [7, 11) is 0. The zero-order chi connectivity index (χ0) is 19.4. The zero-order valence-corrected chi connectivity index (χ0v) is 17.2. The van der Waals surface area contributed by atoms with E-state index in [1.165, 1.54) is 5.69 Å². The molecule has 6 heteroatoms. The first kappa shape index (κ1) is 20.9. The van der Waals surface area contributed by atoms with E-state index in [1.54, 1.807) is 0 Å². The van der Waals surface area contributed by atoms with Crippen molar-refractivity contribution in [1.29, 1.82) is 0 Å². The molecule has 1 aromatic rings. The molecule has 6 nitrogen and oxygen atoms in total. The highest BCUT2D eigenvalue weighted by molar-refractivity contribution is 5.80. The minimum absolute atomic E-state index is 0.374. The third-order valence-electron chi connectivity index (χ3n) is 5.40. The number of anilines is 1. The smallest absolute Gasteiger partial charge is 0.191 e. The largest absolute Gasteiger partial charge is 0.381 e. The van der Waals surface area contributed by atoms with Crippen molar-refractivity contribution >= 4 is 11.6 Å². The summed E-state index contributed by atoms with van der Waals surface area (Å²) in [5, 5.41) is 7.01. The topological polar surface area (TPSA) is 58.1 Å². The number of guanidine groups is 1. The molecule has 2 N–H and O–H groups in total. The number of nitrogens with one attached hydrogen (secondary N) is 2. The molecular weight excluding hydrogens is 352 g/mol. The first-order valence-electron chi connectivity index (χ1n) is 10.9. The molecule has 0 spiro atoms. The van der Waals surface area contributed by atoms with Crippen LogP contribution < -0.4 is 15.5 Å². The lowest BCUT2D eigenvalue weighted by molar-refractivity contribution is -0.0318. The highest BCUT2D eigenvalue weighted by Crippen LogP contribution is 2.19. The average molecular weight is 389 g/mol. The van der Waals surface area contributed by atoms with E-state index in [1.807, 2.05) is 0 Å². The fourth-order valence-electron chi connectivity index (χ4n) is 3.78. The van der Waals surface area contributed by atoms with E-state index >= 15 is 0 Å². The fourth-order valence-corrected chi connectivity index (χ4v) is 3.78. The lowest BCUT2D eigenvalue weighted by Crippen LogP contribution is -2.48. The number of nitrogens with zero attached hydrogens (tertiary/aromatic N) is 2. The molecule has 0 bridgehead atoms. The van der Waals surface area contributed by atoms with Crippen molar-refractivity contribution in [3.8, 4) is 0 Å². The van der Waals surface area contributed by atoms with Crippen LogP contribution in [0.25, 0.3) is 0 Å². The van der Waals surface area contributed by atoms with Gasteiger partial charge in [0, 0.05) is 57.7 Å². The quantitative estimate of drug-likeness (QED) is 0.407. The second-order valence-electron chi connectivity index (χ2n) is 7.54. The third kappa shape index (κ3) is 6.99. The van der Waals surface area contributed by atoms with Crippen molar-refractivity contribution in [3.05, 3.63) is 30.3 Å².